The van der Waals surface area contributed by atoms with Crippen molar-refractivity contribution in [3.8, 4) is 0 Å². The summed E-state index contributed by atoms with van der Waals surface area (Å²) in [5, 5.41) is 3.34. The first-order chi connectivity index (χ1) is 9.25. The zero-order chi connectivity index (χ0) is 15.3. The molecule has 0 aliphatic heterocycles. The van der Waals surface area contributed by atoms with Crippen LogP contribution in [0.3, 0.4) is 0 Å². The van der Waals surface area contributed by atoms with Crippen LogP contribution in [0, 0.1) is 12.0 Å². The molecular weight excluding hydrogens is 248 g/mol. The van der Waals surface area contributed by atoms with Crippen LogP contribution in [0.25, 0.3) is 4.85 Å². The van der Waals surface area contributed by atoms with Crippen molar-refractivity contribution < 1.29 is 4.79 Å². The zero-order valence-electron chi connectivity index (χ0n) is 13.0. The first-order valence-electron chi connectivity index (χ1n) is 7.01. The highest BCUT2D eigenvalue weighted by molar-refractivity contribution is 5.90. The summed E-state index contributed by atoms with van der Waals surface area (Å²) in [5.74, 6) is 0.0541. The van der Waals surface area contributed by atoms with Gasteiger partial charge in [0.15, 0.2) is 5.69 Å². The van der Waals surface area contributed by atoms with Crippen molar-refractivity contribution in [2.75, 3.05) is 6.54 Å². The second-order valence-corrected chi connectivity index (χ2v) is 6.43. The normalized spacial score (nSPS) is 13.1. The number of nitrogens with one attached hydrogen (secondary N) is 1. The van der Waals surface area contributed by atoms with Gasteiger partial charge in [-0.1, -0.05) is 58.9 Å². The minimum Gasteiger partial charge on any atom is -0.313 e. The van der Waals surface area contributed by atoms with Gasteiger partial charge in [0.2, 0.25) is 0 Å². The van der Waals surface area contributed by atoms with E-state index in [0.29, 0.717) is 18.3 Å². The van der Waals surface area contributed by atoms with Gasteiger partial charge < -0.3 is 5.32 Å². The predicted molar refractivity (Wildman–Crippen MR) is 83.0 cm³/mol. The molecule has 0 aromatic heterocycles. The standard InChI is InChI=1S/C17H24N2O/c1-12(2)19-11-15(16(20)17(3,4)5)13-7-9-14(18-6)10-8-13/h7-10,12,15,19H,11H2,1-5H3. The molecule has 1 unspecified atom stereocenters. The molecule has 108 valence electrons. The Morgan fingerprint density at radius 3 is 2.20 bits per heavy atom. The van der Waals surface area contributed by atoms with Gasteiger partial charge in [-0.15, -0.1) is 0 Å². The molecule has 1 aromatic rings. The Morgan fingerprint density at radius 1 is 1.25 bits per heavy atom. The molecule has 0 saturated heterocycles. The summed E-state index contributed by atoms with van der Waals surface area (Å²) in [5.41, 5.74) is 1.21. The van der Waals surface area contributed by atoms with Crippen molar-refractivity contribution in [3.63, 3.8) is 0 Å². The average molecular weight is 272 g/mol. The second kappa shape index (κ2) is 6.67. The van der Waals surface area contributed by atoms with E-state index in [9.17, 15) is 4.79 Å². The monoisotopic (exact) mass is 272 g/mol. The molecule has 0 saturated carbocycles. The molecule has 0 bridgehead atoms. The topological polar surface area (TPSA) is 33.5 Å². The number of carbonyl (C=O) groups is 1. The number of Topliss-reactive ketones (excluding diaryl/α,β-unsaturated/α-hetero) is 1. The molecule has 0 aliphatic carbocycles. The van der Waals surface area contributed by atoms with Crippen molar-refractivity contribution >= 4 is 11.5 Å². The van der Waals surface area contributed by atoms with Gasteiger partial charge in [-0.2, -0.15) is 0 Å². The Hall–Kier alpha value is -1.66. The van der Waals surface area contributed by atoms with Crippen LogP contribution in [0.1, 0.15) is 46.1 Å². The molecule has 0 fully saturated rings. The Kier molecular flexibility index (Phi) is 5.47. The van der Waals surface area contributed by atoms with E-state index in [1.807, 2.05) is 32.9 Å². The van der Waals surface area contributed by atoms with Crippen LogP contribution in [-0.2, 0) is 4.79 Å². The van der Waals surface area contributed by atoms with Gasteiger partial charge in [-0.25, -0.2) is 4.85 Å². The molecule has 3 nitrogen and oxygen atoms in total. The number of ketones is 1. The molecule has 0 radical (unpaired) electrons. The van der Waals surface area contributed by atoms with Crippen molar-refractivity contribution in [2.45, 2.75) is 46.6 Å². The van der Waals surface area contributed by atoms with Crippen molar-refractivity contribution in [1.29, 1.82) is 0 Å². The molecule has 0 amide bonds. The van der Waals surface area contributed by atoms with Crippen LogP contribution in [0.2, 0.25) is 0 Å². The van der Waals surface area contributed by atoms with Gasteiger partial charge in [0, 0.05) is 18.0 Å². The first-order valence-corrected chi connectivity index (χ1v) is 7.01. The summed E-state index contributed by atoms with van der Waals surface area (Å²) < 4.78 is 0. The van der Waals surface area contributed by atoms with E-state index in [2.05, 4.69) is 24.0 Å². The lowest BCUT2D eigenvalue weighted by atomic mass is 9.79. The number of hydrogen-bond acceptors (Lipinski definition) is 2. The van der Waals surface area contributed by atoms with Crippen LogP contribution in [0.5, 0.6) is 0 Å². The van der Waals surface area contributed by atoms with Gasteiger partial charge in [0.1, 0.15) is 5.78 Å². The SMILES string of the molecule is [C-]#[N+]c1ccc(C(CNC(C)C)C(=O)C(C)(C)C)cc1. The van der Waals surface area contributed by atoms with Crippen molar-refractivity contribution in [3.05, 3.63) is 41.2 Å². The summed E-state index contributed by atoms with van der Waals surface area (Å²) in [4.78, 5) is 16.0. The third kappa shape index (κ3) is 4.47. The number of benzene rings is 1. The summed E-state index contributed by atoms with van der Waals surface area (Å²) in [7, 11) is 0. The van der Waals surface area contributed by atoms with E-state index in [4.69, 9.17) is 6.57 Å². The Labute approximate surface area is 122 Å². The molecule has 0 heterocycles. The van der Waals surface area contributed by atoms with Crippen molar-refractivity contribution in [1.82, 2.24) is 5.32 Å². The Balaban J connectivity index is 3.03. The molecule has 1 rings (SSSR count). The molecular formula is C17H24N2O. The summed E-state index contributed by atoms with van der Waals surface area (Å²) >= 11 is 0. The number of rotatable bonds is 5. The summed E-state index contributed by atoms with van der Waals surface area (Å²) in [6.07, 6.45) is 0. The van der Waals surface area contributed by atoms with Gasteiger partial charge >= 0.3 is 0 Å². The first kappa shape index (κ1) is 16.4. The van der Waals surface area contributed by atoms with E-state index >= 15 is 0 Å². The minimum atomic E-state index is -0.373. The maximum absolute atomic E-state index is 12.6. The molecule has 1 aromatic carbocycles. The third-order valence-corrected chi connectivity index (χ3v) is 3.21. The van der Waals surface area contributed by atoms with Crippen LogP contribution in [-0.4, -0.2) is 18.4 Å². The quantitative estimate of drug-likeness (QED) is 0.824. The fourth-order valence-electron chi connectivity index (χ4n) is 2.02. The number of nitrogens with zero attached hydrogens (tertiary/aromatic N) is 1. The molecule has 0 aliphatic rings. The predicted octanol–water partition coefficient (Wildman–Crippen LogP) is 3.93. The fourth-order valence-corrected chi connectivity index (χ4v) is 2.02. The molecule has 20 heavy (non-hydrogen) atoms. The highest BCUT2D eigenvalue weighted by atomic mass is 16.1. The number of carbonyl (C=O) groups excluding carboxylic acids is 1. The molecule has 1 atom stereocenters. The largest absolute Gasteiger partial charge is 0.313 e. The maximum Gasteiger partial charge on any atom is 0.187 e. The maximum atomic E-state index is 12.6. The second-order valence-electron chi connectivity index (χ2n) is 6.43. The lowest BCUT2D eigenvalue weighted by molar-refractivity contribution is -0.127. The minimum absolute atomic E-state index is 0.169. The van der Waals surface area contributed by atoms with Gasteiger partial charge in [0.25, 0.3) is 0 Å². The van der Waals surface area contributed by atoms with E-state index in [1.165, 1.54) is 0 Å². The van der Waals surface area contributed by atoms with E-state index < -0.39 is 0 Å². The van der Waals surface area contributed by atoms with Gasteiger partial charge in [0.05, 0.1) is 12.5 Å². The van der Waals surface area contributed by atoms with E-state index in [-0.39, 0.29) is 17.1 Å². The summed E-state index contributed by atoms with van der Waals surface area (Å²) in [6, 6.07) is 7.68. The van der Waals surface area contributed by atoms with Crippen LogP contribution in [0.4, 0.5) is 5.69 Å². The fraction of sp³-hybridized carbons (Fsp3) is 0.529. The van der Waals surface area contributed by atoms with Crippen LogP contribution < -0.4 is 5.32 Å². The Morgan fingerprint density at radius 2 is 1.80 bits per heavy atom. The zero-order valence-corrected chi connectivity index (χ0v) is 13.0. The molecule has 1 N–H and O–H groups in total. The lowest BCUT2D eigenvalue weighted by Gasteiger charge is -2.26. The van der Waals surface area contributed by atoms with E-state index in [1.54, 1.807) is 12.1 Å². The average Bonchev–Trinajstić information content (AvgIpc) is 2.38. The third-order valence-electron chi connectivity index (χ3n) is 3.21. The molecule has 3 heteroatoms. The van der Waals surface area contributed by atoms with Crippen molar-refractivity contribution in [2.24, 2.45) is 5.41 Å². The highest BCUT2D eigenvalue weighted by Crippen LogP contribution is 2.28. The van der Waals surface area contributed by atoms with Crippen LogP contribution >= 0.6 is 0 Å². The Bertz CT molecular complexity index is 489. The van der Waals surface area contributed by atoms with Gasteiger partial charge in [-0.05, 0) is 5.56 Å². The lowest BCUT2D eigenvalue weighted by Crippen LogP contribution is -2.36. The number of hydrogen-bond donors (Lipinski definition) is 1. The summed E-state index contributed by atoms with van der Waals surface area (Å²) in [6.45, 7) is 17.6. The highest BCUT2D eigenvalue weighted by Gasteiger charge is 2.30. The van der Waals surface area contributed by atoms with Crippen LogP contribution in [0.15, 0.2) is 24.3 Å². The van der Waals surface area contributed by atoms with Gasteiger partial charge in [-0.3, -0.25) is 4.79 Å². The van der Waals surface area contributed by atoms with E-state index in [0.717, 1.165) is 5.56 Å². The molecule has 0 spiro atoms. The smallest absolute Gasteiger partial charge is 0.187 e.